The molecule has 2 aromatic heterocycles. The summed E-state index contributed by atoms with van der Waals surface area (Å²) in [5, 5.41) is 14.0. The number of nitrogens with zero attached hydrogens (tertiary/aromatic N) is 5. The van der Waals surface area contributed by atoms with Gasteiger partial charge in [-0.2, -0.15) is 0 Å². The van der Waals surface area contributed by atoms with Crippen molar-refractivity contribution >= 4 is 49.1 Å². The lowest BCUT2D eigenvalue weighted by Crippen LogP contribution is -2.71. The predicted molar refractivity (Wildman–Crippen MR) is 327 cm³/mol. The third-order valence-corrected chi connectivity index (χ3v) is 21.4. The highest BCUT2D eigenvalue weighted by molar-refractivity contribution is 7.89. The van der Waals surface area contributed by atoms with Crippen molar-refractivity contribution in [2.24, 2.45) is 23.7 Å². The summed E-state index contributed by atoms with van der Waals surface area (Å²) in [4.78, 5) is 54.9. The SMILES string of the molecule is CC[C@H]1CN2CC[C@H]1C[C@@H]2[C@@H](Oc1ccc(O[C@@H](c2ccnc3ccc(OC)cc23)[C@H]2C[C@@H]3CC[N@@+]2(CC(Cc2ccccc2)NS(=O)(=O)c2ccccc2[N+](=O)[O-])C[C@@H]3CC)c2c1C(=O)c1ccccc1C2=O)c1ccnc2ccc(OC)cc12. The molecule has 8 heterocycles. The summed E-state index contributed by atoms with van der Waals surface area (Å²) < 4.78 is 59.9. The molecule has 11 atom stereocenters. The summed E-state index contributed by atoms with van der Waals surface area (Å²) in [6, 6.07) is 40.0. The molecule has 4 bridgehead atoms. The zero-order valence-electron chi connectivity index (χ0n) is 48.8. The van der Waals surface area contributed by atoms with Gasteiger partial charge in [0.2, 0.25) is 10.0 Å². The molecule has 0 saturated carbocycles. The molecule has 8 aromatic rings. The van der Waals surface area contributed by atoms with Gasteiger partial charge < -0.3 is 23.4 Å². The van der Waals surface area contributed by atoms with E-state index in [9.17, 15) is 18.5 Å². The number of para-hydroxylation sites is 1. The van der Waals surface area contributed by atoms with Crippen LogP contribution in [0.25, 0.3) is 21.8 Å². The van der Waals surface area contributed by atoms with Gasteiger partial charge in [-0.1, -0.05) is 87.0 Å². The van der Waals surface area contributed by atoms with Crippen LogP contribution in [-0.4, -0.2) is 109 Å². The maximum atomic E-state index is 15.7. The molecule has 442 valence electrons. The minimum Gasteiger partial charge on any atom is -0.497 e. The number of quaternary nitrogens is 1. The Morgan fingerprint density at radius 3 is 1.87 bits per heavy atom. The molecule has 15 rings (SSSR count). The molecule has 0 spiro atoms. The number of rotatable bonds is 20. The summed E-state index contributed by atoms with van der Waals surface area (Å²) in [6.07, 6.45) is 7.99. The molecule has 16 nitrogen and oxygen atoms in total. The van der Waals surface area contributed by atoms with Crippen LogP contribution in [0.15, 0.2) is 157 Å². The third-order valence-electron chi connectivity index (χ3n) is 19.8. The van der Waals surface area contributed by atoms with Gasteiger partial charge in [0.15, 0.2) is 22.6 Å². The fraction of sp³-hybridized carbons (Fsp3) is 0.362. The van der Waals surface area contributed by atoms with Crippen molar-refractivity contribution in [2.75, 3.05) is 46.9 Å². The Balaban J connectivity index is 0.975. The van der Waals surface area contributed by atoms with Crippen molar-refractivity contribution in [2.45, 2.75) is 94.0 Å². The van der Waals surface area contributed by atoms with Crippen LogP contribution in [0.2, 0.25) is 0 Å². The first-order valence-electron chi connectivity index (χ1n) is 30.2. The van der Waals surface area contributed by atoms with E-state index in [-0.39, 0.29) is 69.2 Å². The summed E-state index contributed by atoms with van der Waals surface area (Å²) >= 11 is 0. The second-order valence-electron chi connectivity index (χ2n) is 24.2. The zero-order valence-corrected chi connectivity index (χ0v) is 49.7. The van der Waals surface area contributed by atoms with Gasteiger partial charge in [-0.15, -0.1) is 0 Å². The molecule has 6 aromatic carbocycles. The van der Waals surface area contributed by atoms with E-state index in [1.165, 1.54) is 24.3 Å². The number of ether oxygens (including phenoxy) is 4. The Bertz CT molecular complexity index is 4050. The number of piperidine rings is 6. The number of nitro benzene ring substituents is 1. The Morgan fingerprint density at radius 2 is 1.28 bits per heavy atom. The number of fused-ring (bicyclic) bond motifs is 10. The van der Waals surface area contributed by atoms with Crippen molar-refractivity contribution < 1.29 is 46.4 Å². The molecular formula is C69H71N6O10S+. The standard InChI is InChI=1S/C69H71N6O10S/c1-5-43-39-73-32-28-45(43)35-59(73)68(52-26-30-70-56-22-20-48(82-3)37-54(52)56)84-61-24-25-62(65-64(61)66(76)50-16-10-11-17-51(50)67(65)77)85-69(53-27-31-71-57-23-21-49(83-4)38-55(53)57)60-36-46-29-33-75(60,40-44(46)6-2)41-47(34-42-14-8-7-9-15-42)72-86(80,81)63-19-13-12-18-58(63)74(78)79/h7-27,30-31,37-38,43-47,59-60,68-69,72H,5-6,28-29,32-36,39-41H2,1-4H3/q+1/t43-,44-,45-,46-,47?,59+,60+,68-,69-,75-/m0/s1. The summed E-state index contributed by atoms with van der Waals surface area (Å²) in [5.41, 5.74) is 4.31. The number of aromatic nitrogens is 2. The van der Waals surface area contributed by atoms with Gasteiger partial charge in [-0.05, 0) is 122 Å². The first-order valence-corrected chi connectivity index (χ1v) is 31.7. The lowest BCUT2D eigenvalue weighted by molar-refractivity contribution is -0.974. The Hall–Kier alpha value is -8.09. The van der Waals surface area contributed by atoms with Crippen molar-refractivity contribution in [3.63, 3.8) is 0 Å². The van der Waals surface area contributed by atoms with Crippen molar-refractivity contribution in [1.82, 2.24) is 19.6 Å². The molecule has 6 fully saturated rings. The lowest BCUT2D eigenvalue weighted by atomic mass is 9.70. The van der Waals surface area contributed by atoms with Crippen LogP contribution in [0.1, 0.15) is 113 Å². The average Bonchev–Trinajstić information content (AvgIpc) is 0.783. The number of nitrogens with one attached hydrogen (secondary N) is 1. The van der Waals surface area contributed by atoms with Crippen LogP contribution < -0.4 is 23.7 Å². The quantitative estimate of drug-likeness (QED) is 0.0431. The van der Waals surface area contributed by atoms with Crippen LogP contribution >= 0.6 is 0 Å². The topological polar surface area (TPSA) is 189 Å². The van der Waals surface area contributed by atoms with E-state index >= 15 is 9.59 Å². The molecule has 6 saturated heterocycles. The van der Waals surface area contributed by atoms with Crippen molar-refractivity contribution in [3.8, 4) is 23.0 Å². The van der Waals surface area contributed by atoms with Crippen LogP contribution in [0, 0.1) is 33.8 Å². The molecule has 17 heteroatoms. The van der Waals surface area contributed by atoms with Gasteiger partial charge in [-0.3, -0.25) is 34.6 Å². The minimum absolute atomic E-state index is 0.0661. The molecule has 0 radical (unpaired) electrons. The van der Waals surface area contributed by atoms with Gasteiger partial charge in [0.05, 0.1) is 73.0 Å². The smallest absolute Gasteiger partial charge is 0.289 e. The summed E-state index contributed by atoms with van der Waals surface area (Å²) in [5.74, 6) is 2.67. The second-order valence-corrected chi connectivity index (χ2v) is 25.9. The number of hydrogen-bond acceptors (Lipinski definition) is 13. The highest BCUT2D eigenvalue weighted by Crippen LogP contribution is 2.52. The van der Waals surface area contributed by atoms with Gasteiger partial charge in [0.25, 0.3) is 5.69 Å². The van der Waals surface area contributed by atoms with E-state index in [1.54, 1.807) is 56.8 Å². The van der Waals surface area contributed by atoms with Crippen molar-refractivity contribution in [3.05, 3.63) is 201 Å². The maximum Gasteiger partial charge on any atom is 0.289 e. The zero-order chi connectivity index (χ0) is 59.4. The second kappa shape index (κ2) is 23.3. The highest BCUT2D eigenvalue weighted by Gasteiger charge is 2.57. The first kappa shape index (κ1) is 57.0. The molecule has 6 aliphatic heterocycles. The predicted octanol–water partition coefficient (Wildman–Crippen LogP) is 12.1. The van der Waals surface area contributed by atoms with Crippen LogP contribution in [0.4, 0.5) is 5.69 Å². The number of sulfonamides is 1. The summed E-state index contributed by atoms with van der Waals surface area (Å²) in [7, 11) is -1.21. The van der Waals surface area contributed by atoms with E-state index in [1.807, 2.05) is 85.1 Å². The lowest BCUT2D eigenvalue weighted by Gasteiger charge is -2.59. The van der Waals surface area contributed by atoms with Gasteiger partial charge in [0.1, 0.15) is 35.1 Å². The largest absolute Gasteiger partial charge is 0.497 e. The fourth-order valence-electron chi connectivity index (χ4n) is 15.6. The fourth-order valence-corrected chi connectivity index (χ4v) is 17.0. The molecule has 86 heavy (non-hydrogen) atoms. The van der Waals surface area contributed by atoms with Crippen molar-refractivity contribution in [1.29, 1.82) is 0 Å². The minimum atomic E-state index is -4.47. The van der Waals surface area contributed by atoms with Crippen LogP contribution in [0.5, 0.6) is 23.0 Å². The molecule has 2 unspecified atom stereocenters. The van der Waals surface area contributed by atoms with Gasteiger partial charge >= 0.3 is 0 Å². The van der Waals surface area contributed by atoms with E-state index in [2.05, 4.69) is 23.5 Å². The number of benzene rings is 6. The number of carbonyl (C=O) groups excluding carboxylic acids is 2. The normalized spacial score (nSPS) is 24.2. The number of ketones is 2. The number of nitro groups is 1. The van der Waals surface area contributed by atoms with E-state index in [4.69, 9.17) is 28.9 Å². The average molecular weight is 1180 g/mol. The van der Waals surface area contributed by atoms with E-state index < -0.39 is 43.8 Å². The molecule has 7 aliphatic rings. The number of methoxy groups -OCH3 is 2. The number of pyridine rings is 2. The van der Waals surface area contributed by atoms with E-state index in [0.29, 0.717) is 65.8 Å². The number of hydrogen-bond donors (Lipinski definition) is 1. The van der Waals surface area contributed by atoms with Gasteiger partial charge in [-0.25, -0.2) is 13.1 Å². The van der Waals surface area contributed by atoms with Crippen LogP contribution in [0.3, 0.4) is 0 Å². The third kappa shape index (κ3) is 10.3. The molecular weight excluding hydrogens is 1100 g/mol. The Labute approximate surface area is 501 Å². The number of carbonyl (C=O) groups is 2. The molecule has 0 amide bonds. The van der Waals surface area contributed by atoms with Crippen LogP contribution in [-0.2, 0) is 16.4 Å². The summed E-state index contributed by atoms with van der Waals surface area (Å²) in [6.45, 7) is 8.01. The monoisotopic (exact) mass is 1180 g/mol. The molecule has 1 aliphatic carbocycles. The maximum absolute atomic E-state index is 15.7. The first-order chi connectivity index (χ1) is 41.8. The molecule has 1 N–H and O–H groups in total. The highest BCUT2D eigenvalue weighted by atomic mass is 32.2. The van der Waals surface area contributed by atoms with E-state index in [0.717, 1.165) is 78.2 Å². The van der Waals surface area contributed by atoms with Gasteiger partial charge in [0, 0.05) is 76.8 Å². The Morgan fingerprint density at radius 1 is 0.698 bits per heavy atom. The Kier molecular flexibility index (Phi) is 15.4.